The smallest absolute Gasteiger partial charge is 0.255 e. The zero-order chi connectivity index (χ0) is 15.5. The quantitative estimate of drug-likeness (QED) is 0.855. The van der Waals surface area contributed by atoms with E-state index in [1.807, 2.05) is 48.2 Å². The van der Waals surface area contributed by atoms with Crippen LogP contribution in [0.4, 0.5) is 5.82 Å². The summed E-state index contributed by atoms with van der Waals surface area (Å²) in [7, 11) is 0. The molecule has 114 valence electrons. The number of amides is 1. The number of halogens is 1. The van der Waals surface area contributed by atoms with Gasteiger partial charge in [0.05, 0.1) is 10.6 Å². The van der Waals surface area contributed by atoms with Gasteiger partial charge in [0.25, 0.3) is 5.91 Å². The molecule has 1 aliphatic rings. The van der Waals surface area contributed by atoms with Crippen LogP contribution in [0.25, 0.3) is 0 Å². The lowest BCUT2D eigenvalue weighted by Crippen LogP contribution is -2.49. The Balaban J connectivity index is 1.67. The van der Waals surface area contributed by atoms with Gasteiger partial charge in [-0.05, 0) is 36.8 Å². The van der Waals surface area contributed by atoms with Crippen LogP contribution in [0.2, 0.25) is 5.02 Å². The Morgan fingerprint density at radius 1 is 1.14 bits per heavy atom. The fourth-order valence-corrected chi connectivity index (χ4v) is 2.96. The molecule has 22 heavy (non-hydrogen) atoms. The number of nitrogens with zero attached hydrogens (tertiary/aromatic N) is 3. The molecule has 1 fully saturated rings. The van der Waals surface area contributed by atoms with E-state index in [-0.39, 0.29) is 5.91 Å². The Bertz CT molecular complexity index is 667. The van der Waals surface area contributed by atoms with Crippen molar-refractivity contribution in [3.05, 3.63) is 58.7 Å². The minimum atomic E-state index is 0.00525. The molecular weight excluding hydrogens is 298 g/mol. The Kier molecular flexibility index (Phi) is 4.29. The Morgan fingerprint density at radius 2 is 1.91 bits per heavy atom. The van der Waals surface area contributed by atoms with Crippen molar-refractivity contribution in [2.45, 2.75) is 6.92 Å². The molecule has 0 unspecified atom stereocenters. The van der Waals surface area contributed by atoms with Crippen LogP contribution in [-0.4, -0.2) is 42.0 Å². The summed E-state index contributed by atoms with van der Waals surface area (Å²) in [6, 6.07) is 11.4. The topological polar surface area (TPSA) is 36.4 Å². The van der Waals surface area contributed by atoms with Gasteiger partial charge < -0.3 is 9.80 Å². The summed E-state index contributed by atoms with van der Waals surface area (Å²) in [5.74, 6) is 0.966. The third-order valence-electron chi connectivity index (χ3n) is 3.90. The second-order valence-electron chi connectivity index (χ2n) is 5.45. The number of aryl methyl sites for hydroxylation is 1. The lowest BCUT2D eigenvalue weighted by atomic mass is 10.1. The van der Waals surface area contributed by atoms with Crippen LogP contribution in [-0.2, 0) is 0 Å². The number of benzene rings is 1. The van der Waals surface area contributed by atoms with Crippen LogP contribution in [0.3, 0.4) is 0 Å². The second kappa shape index (κ2) is 6.36. The number of aromatic nitrogens is 1. The van der Waals surface area contributed by atoms with Gasteiger partial charge in [0.2, 0.25) is 0 Å². The van der Waals surface area contributed by atoms with E-state index in [0.29, 0.717) is 23.7 Å². The average molecular weight is 316 g/mol. The monoisotopic (exact) mass is 315 g/mol. The molecule has 0 aliphatic carbocycles. The second-order valence-corrected chi connectivity index (χ2v) is 5.86. The van der Waals surface area contributed by atoms with E-state index in [0.717, 1.165) is 24.5 Å². The summed E-state index contributed by atoms with van der Waals surface area (Å²) in [6.45, 7) is 4.89. The predicted octanol–water partition coefficient (Wildman–Crippen LogP) is 3.01. The number of carbonyl (C=O) groups is 1. The van der Waals surface area contributed by atoms with Crippen molar-refractivity contribution in [3.8, 4) is 0 Å². The summed E-state index contributed by atoms with van der Waals surface area (Å²) >= 11 is 6.20. The molecule has 0 atom stereocenters. The Hall–Kier alpha value is -2.07. The fraction of sp³-hybridized carbons (Fsp3) is 0.294. The normalized spacial score (nSPS) is 15.0. The van der Waals surface area contributed by atoms with E-state index in [2.05, 4.69) is 9.88 Å². The van der Waals surface area contributed by atoms with E-state index >= 15 is 0 Å². The van der Waals surface area contributed by atoms with Crippen molar-refractivity contribution in [1.82, 2.24) is 9.88 Å². The number of anilines is 1. The summed E-state index contributed by atoms with van der Waals surface area (Å²) in [4.78, 5) is 21.0. The van der Waals surface area contributed by atoms with Gasteiger partial charge in [0.15, 0.2) is 0 Å². The van der Waals surface area contributed by atoms with Crippen LogP contribution < -0.4 is 4.90 Å². The number of piperazine rings is 1. The zero-order valence-corrected chi connectivity index (χ0v) is 13.3. The van der Waals surface area contributed by atoms with Gasteiger partial charge in [-0.2, -0.15) is 0 Å². The van der Waals surface area contributed by atoms with Crippen LogP contribution in [0, 0.1) is 6.92 Å². The molecule has 0 spiro atoms. The maximum absolute atomic E-state index is 12.6. The van der Waals surface area contributed by atoms with Crippen molar-refractivity contribution in [1.29, 1.82) is 0 Å². The van der Waals surface area contributed by atoms with Crippen LogP contribution >= 0.6 is 11.6 Å². The molecule has 0 radical (unpaired) electrons. The van der Waals surface area contributed by atoms with Gasteiger partial charge >= 0.3 is 0 Å². The van der Waals surface area contributed by atoms with Gasteiger partial charge in [-0.1, -0.05) is 23.7 Å². The molecule has 5 heteroatoms. The van der Waals surface area contributed by atoms with Gasteiger partial charge in [-0.25, -0.2) is 4.98 Å². The number of hydrogen-bond acceptors (Lipinski definition) is 3. The van der Waals surface area contributed by atoms with Gasteiger partial charge in [0, 0.05) is 32.4 Å². The third-order valence-corrected chi connectivity index (χ3v) is 4.21. The van der Waals surface area contributed by atoms with Gasteiger partial charge in [0.1, 0.15) is 5.82 Å². The van der Waals surface area contributed by atoms with Gasteiger partial charge in [-0.3, -0.25) is 4.79 Å². The summed E-state index contributed by atoms with van der Waals surface area (Å²) in [5, 5.41) is 0.525. The molecule has 0 bridgehead atoms. The number of hydrogen-bond donors (Lipinski definition) is 0. The largest absolute Gasteiger partial charge is 0.353 e. The minimum Gasteiger partial charge on any atom is -0.353 e. The molecule has 1 aromatic heterocycles. The highest BCUT2D eigenvalue weighted by Gasteiger charge is 2.24. The van der Waals surface area contributed by atoms with E-state index in [9.17, 15) is 4.79 Å². The molecule has 0 N–H and O–H groups in total. The number of rotatable bonds is 2. The van der Waals surface area contributed by atoms with E-state index in [1.165, 1.54) is 0 Å². The molecular formula is C17H18ClN3O. The summed E-state index contributed by atoms with van der Waals surface area (Å²) in [5.41, 5.74) is 1.64. The average Bonchev–Trinajstić information content (AvgIpc) is 2.55. The first-order valence-electron chi connectivity index (χ1n) is 7.36. The van der Waals surface area contributed by atoms with E-state index in [4.69, 9.17) is 11.6 Å². The van der Waals surface area contributed by atoms with Crippen LogP contribution in [0.5, 0.6) is 0 Å². The van der Waals surface area contributed by atoms with Crippen molar-refractivity contribution >= 4 is 23.3 Å². The summed E-state index contributed by atoms with van der Waals surface area (Å²) < 4.78 is 0. The van der Waals surface area contributed by atoms with E-state index in [1.54, 1.807) is 6.20 Å². The molecule has 1 aromatic carbocycles. The third kappa shape index (κ3) is 3.07. The highest BCUT2D eigenvalue weighted by Crippen LogP contribution is 2.21. The Labute approximate surface area is 135 Å². The predicted molar refractivity (Wildman–Crippen MR) is 88.5 cm³/mol. The molecule has 1 aliphatic heterocycles. The minimum absolute atomic E-state index is 0.00525. The SMILES string of the molecule is Cc1ccc(C(=O)N2CCN(c3ccccn3)CC2)c(Cl)c1. The van der Waals surface area contributed by atoms with Crippen molar-refractivity contribution in [2.75, 3.05) is 31.1 Å². The zero-order valence-electron chi connectivity index (χ0n) is 12.5. The highest BCUT2D eigenvalue weighted by molar-refractivity contribution is 6.33. The summed E-state index contributed by atoms with van der Waals surface area (Å²) in [6.07, 6.45) is 1.79. The first-order valence-corrected chi connectivity index (χ1v) is 7.74. The first-order chi connectivity index (χ1) is 10.6. The first kappa shape index (κ1) is 14.9. The maximum Gasteiger partial charge on any atom is 0.255 e. The maximum atomic E-state index is 12.6. The molecule has 1 amide bonds. The van der Waals surface area contributed by atoms with Crippen molar-refractivity contribution < 1.29 is 4.79 Å². The molecule has 4 nitrogen and oxygen atoms in total. The van der Waals surface area contributed by atoms with Crippen molar-refractivity contribution in [3.63, 3.8) is 0 Å². The Morgan fingerprint density at radius 3 is 2.55 bits per heavy atom. The van der Waals surface area contributed by atoms with E-state index < -0.39 is 0 Å². The van der Waals surface area contributed by atoms with Gasteiger partial charge in [-0.15, -0.1) is 0 Å². The van der Waals surface area contributed by atoms with Crippen LogP contribution in [0.15, 0.2) is 42.6 Å². The molecule has 3 rings (SSSR count). The molecule has 1 saturated heterocycles. The molecule has 2 heterocycles. The number of carbonyl (C=O) groups excluding carboxylic acids is 1. The van der Waals surface area contributed by atoms with Crippen molar-refractivity contribution in [2.24, 2.45) is 0 Å². The fourth-order valence-electron chi connectivity index (χ4n) is 2.64. The lowest BCUT2D eigenvalue weighted by molar-refractivity contribution is 0.0746. The number of pyridine rings is 1. The standard InChI is InChI=1S/C17H18ClN3O/c1-13-5-6-14(15(18)12-13)17(22)21-10-8-20(9-11-21)16-4-2-3-7-19-16/h2-7,12H,8-11H2,1H3. The highest BCUT2D eigenvalue weighted by atomic mass is 35.5. The van der Waals surface area contributed by atoms with Crippen LogP contribution in [0.1, 0.15) is 15.9 Å². The molecule has 0 saturated carbocycles. The lowest BCUT2D eigenvalue weighted by Gasteiger charge is -2.35. The molecule has 2 aromatic rings.